The molecule has 0 heterocycles. The van der Waals surface area contributed by atoms with Gasteiger partial charge in [0.25, 0.3) is 0 Å². The quantitative estimate of drug-likeness (QED) is 0.148. The van der Waals surface area contributed by atoms with Crippen molar-refractivity contribution >= 4 is 6.09 Å². The standard InChI is InChI=1S/C34H53FN2O8/c1-34(2,3)45-33(38)36-14-15-39-16-17-40-18-19-41-20-21-42-22-23-43-24-25-44-29-32(35)28-37(26-30-10-6-4-7-11-30)27-31-12-8-5-9-13-31/h4-13,32H,14-29H2,1-3H3,(H,36,38). The fourth-order valence-corrected chi connectivity index (χ4v) is 4.05. The molecule has 0 bridgehead atoms. The second-order valence-corrected chi connectivity index (χ2v) is 11.3. The molecule has 0 aliphatic heterocycles. The van der Waals surface area contributed by atoms with Crippen LogP contribution < -0.4 is 5.32 Å². The molecule has 0 aromatic heterocycles. The topological polar surface area (TPSA) is 97.0 Å². The summed E-state index contributed by atoms with van der Waals surface area (Å²) in [7, 11) is 0. The third-order valence-electron chi connectivity index (χ3n) is 6.03. The van der Waals surface area contributed by atoms with Crippen LogP contribution in [0.4, 0.5) is 9.18 Å². The zero-order chi connectivity index (χ0) is 32.4. The maximum atomic E-state index is 14.8. The van der Waals surface area contributed by atoms with Crippen LogP contribution in [0.25, 0.3) is 0 Å². The van der Waals surface area contributed by atoms with Crippen molar-refractivity contribution in [2.45, 2.75) is 45.6 Å². The third kappa shape index (κ3) is 22.5. The van der Waals surface area contributed by atoms with Crippen LogP contribution in [0.1, 0.15) is 31.9 Å². The molecule has 2 rings (SSSR count). The number of halogens is 1. The fraction of sp³-hybridized carbons (Fsp3) is 0.618. The van der Waals surface area contributed by atoms with Gasteiger partial charge in [-0.05, 0) is 31.9 Å². The number of alkyl halides is 1. The monoisotopic (exact) mass is 636 g/mol. The van der Waals surface area contributed by atoms with Gasteiger partial charge >= 0.3 is 6.09 Å². The lowest BCUT2D eigenvalue weighted by Crippen LogP contribution is -2.34. The number of hydrogen-bond donors (Lipinski definition) is 1. The molecule has 0 saturated heterocycles. The summed E-state index contributed by atoms with van der Waals surface area (Å²) >= 11 is 0. The Morgan fingerprint density at radius 1 is 0.667 bits per heavy atom. The van der Waals surface area contributed by atoms with Crippen molar-refractivity contribution < 1.29 is 42.3 Å². The summed E-state index contributed by atoms with van der Waals surface area (Å²) in [5.74, 6) is 0. The summed E-state index contributed by atoms with van der Waals surface area (Å²) in [5.41, 5.74) is 1.79. The molecule has 2 aromatic carbocycles. The molecule has 1 unspecified atom stereocenters. The normalized spacial score (nSPS) is 12.4. The van der Waals surface area contributed by atoms with Crippen LogP contribution in [0.15, 0.2) is 60.7 Å². The number of amides is 1. The van der Waals surface area contributed by atoms with Gasteiger partial charge in [0.05, 0.1) is 79.3 Å². The van der Waals surface area contributed by atoms with E-state index in [-0.39, 0.29) is 13.2 Å². The second kappa shape index (κ2) is 24.6. The van der Waals surface area contributed by atoms with Crippen LogP contribution >= 0.6 is 0 Å². The van der Waals surface area contributed by atoms with Crippen molar-refractivity contribution in [3.63, 3.8) is 0 Å². The Morgan fingerprint density at radius 2 is 1.07 bits per heavy atom. The Hall–Kier alpha value is -2.64. The van der Waals surface area contributed by atoms with Crippen molar-refractivity contribution in [2.24, 2.45) is 0 Å². The van der Waals surface area contributed by atoms with Gasteiger partial charge in [-0.3, -0.25) is 4.90 Å². The van der Waals surface area contributed by atoms with Crippen LogP contribution in [-0.4, -0.2) is 115 Å². The van der Waals surface area contributed by atoms with Gasteiger partial charge in [-0.15, -0.1) is 0 Å². The molecule has 0 aliphatic carbocycles. The van der Waals surface area contributed by atoms with E-state index < -0.39 is 17.9 Å². The second-order valence-electron chi connectivity index (χ2n) is 11.3. The predicted octanol–water partition coefficient (Wildman–Crippen LogP) is 4.65. The van der Waals surface area contributed by atoms with Crippen LogP contribution in [0, 0.1) is 0 Å². The van der Waals surface area contributed by atoms with Gasteiger partial charge in [0, 0.05) is 26.2 Å². The summed E-state index contributed by atoms with van der Waals surface area (Å²) in [6.07, 6.45) is -1.55. The van der Waals surface area contributed by atoms with Gasteiger partial charge in [0.2, 0.25) is 0 Å². The molecule has 0 fully saturated rings. The molecule has 0 aliphatic rings. The van der Waals surface area contributed by atoms with E-state index >= 15 is 0 Å². The Morgan fingerprint density at radius 3 is 1.49 bits per heavy atom. The lowest BCUT2D eigenvalue weighted by molar-refractivity contribution is -0.0204. The van der Waals surface area contributed by atoms with Crippen LogP contribution in [-0.2, 0) is 46.2 Å². The third-order valence-corrected chi connectivity index (χ3v) is 6.03. The average Bonchev–Trinajstić information content (AvgIpc) is 3.00. The number of ether oxygens (including phenoxy) is 7. The molecular weight excluding hydrogens is 583 g/mol. The largest absolute Gasteiger partial charge is 0.444 e. The summed E-state index contributed by atoms with van der Waals surface area (Å²) < 4.78 is 52.7. The lowest BCUT2D eigenvalue weighted by Gasteiger charge is -2.24. The molecule has 0 spiro atoms. The Bertz CT molecular complexity index is 940. The summed E-state index contributed by atoms with van der Waals surface area (Å²) in [4.78, 5) is 13.6. The highest BCUT2D eigenvalue weighted by atomic mass is 19.1. The van der Waals surface area contributed by atoms with Crippen molar-refractivity contribution in [3.8, 4) is 0 Å². The summed E-state index contributed by atoms with van der Waals surface area (Å²) in [6, 6.07) is 20.2. The zero-order valence-electron chi connectivity index (χ0n) is 27.3. The van der Waals surface area contributed by atoms with E-state index in [2.05, 4.69) is 34.5 Å². The maximum Gasteiger partial charge on any atom is 0.407 e. The van der Waals surface area contributed by atoms with Gasteiger partial charge in [-0.2, -0.15) is 0 Å². The van der Waals surface area contributed by atoms with Crippen LogP contribution in [0.3, 0.4) is 0 Å². The van der Waals surface area contributed by atoms with Gasteiger partial charge in [-0.25, -0.2) is 9.18 Å². The predicted molar refractivity (Wildman–Crippen MR) is 171 cm³/mol. The van der Waals surface area contributed by atoms with Crippen LogP contribution in [0.5, 0.6) is 0 Å². The van der Waals surface area contributed by atoms with Crippen molar-refractivity contribution in [1.29, 1.82) is 0 Å². The fourth-order valence-electron chi connectivity index (χ4n) is 4.05. The van der Waals surface area contributed by atoms with Gasteiger partial charge in [0.15, 0.2) is 0 Å². The smallest absolute Gasteiger partial charge is 0.407 e. The molecule has 45 heavy (non-hydrogen) atoms. The summed E-state index contributed by atoms with van der Waals surface area (Å²) in [5, 5.41) is 2.63. The molecule has 11 heteroatoms. The molecule has 0 radical (unpaired) electrons. The molecule has 10 nitrogen and oxygen atoms in total. The van der Waals surface area contributed by atoms with Gasteiger partial charge in [0.1, 0.15) is 11.8 Å². The van der Waals surface area contributed by atoms with E-state index in [0.29, 0.717) is 92.3 Å². The molecule has 2 aromatic rings. The van der Waals surface area contributed by atoms with E-state index in [1.165, 1.54) is 0 Å². The molecule has 254 valence electrons. The highest BCUT2D eigenvalue weighted by molar-refractivity contribution is 5.67. The van der Waals surface area contributed by atoms with Crippen molar-refractivity contribution in [3.05, 3.63) is 71.8 Å². The van der Waals surface area contributed by atoms with Crippen molar-refractivity contribution in [2.75, 3.05) is 92.4 Å². The number of alkyl carbamates (subject to hydrolysis) is 1. The number of rotatable bonds is 26. The minimum absolute atomic E-state index is 0.0291. The average molecular weight is 637 g/mol. The number of carbonyl (C=O) groups excluding carboxylic acids is 1. The number of carbonyl (C=O) groups is 1. The Kier molecular flexibility index (Phi) is 21.0. The molecule has 1 amide bonds. The number of nitrogens with zero attached hydrogens (tertiary/aromatic N) is 1. The molecular formula is C34H53FN2O8. The van der Waals surface area contributed by atoms with E-state index in [0.717, 1.165) is 11.1 Å². The maximum absolute atomic E-state index is 14.8. The minimum Gasteiger partial charge on any atom is -0.444 e. The lowest BCUT2D eigenvalue weighted by atomic mass is 10.1. The molecule has 1 N–H and O–H groups in total. The number of hydrogen-bond acceptors (Lipinski definition) is 9. The molecule has 0 saturated carbocycles. The molecule has 1 atom stereocenters. The number of nitrogens with one attached hydrogen (secondary N) is 1. The Labute approximate surface area is 268 Å². The van der Waals surface area contributed by atoms with E-state index in [1.54, 1.807) is 0 Å². The Balaban J connectivity index is 1.36. The first-order valence-corrected chi connectivity index (χ1v) is 15.7. The van der Waals surface area contributed by atoms with Gasteiger partial charge in [-0.1, -0.05) is 60.7 Å². The van der Waals surface area contributed by atoms with Crippen molar-refractivity contribution in [1.82, 2.24) is 10.2 Å². The SMILES string of the molecule is CC(C)(C)OC(=O)NCCOCCOCCOCCOCCOCCOCC(F)CN(Cc1ccccc1)Cc1ccccc1. The van der Waals surface area contributed by atoms with E-state index in [1.807, 2.05) is 57.2 Å². The number of benzene rings is 2. The van der Waals surface area contributed by atoms with E-state index in [4.69, 9.17) is 33.2 Å². The van der Waals surface area contributed by atoms with Crippen LogP contribution in [0.2, 0.25) is 0 Å². The first-order valence-electron chi connectivity index (χ1n) is 15.7. The van der Waals surface area contributed by atoms with E-state index in [9.17, 15) is 9.18 Å². The first kappa shape index (κ1) is 38.5. The minimum atomic E-state index is -1.10. The summed E-state index contributed by atoms with van der Waals surface area (Å²) in [6.45, 7) is 12.2. The zero-order valence-corrected chi connectivity index (χ0v) is 27.3. The highest BCUT2D eigenvalue weighted by Crippen LogP contribution is 2.12. The van der Waals surface area contributed by atoms with Gasteiger partial charge < -0.3 is 38.5 Å². The highest BCUT2D eigenvalue weighted by Gasteiger charge is 2.16. The first-order chi connectivity index (χ1) is 21.8.